The van der Waals surface area contributed by atoms with Gasteiger partial charge in [-0.2, -0.15) is 5.26 Å². The molecule has 0 aliphatic carbocycles. The van der Waals surface area contributed by atoms with Gasteiger partial charge in [-0.25, -0.2) is 4.98 Å². The summed E-state index contributed by atoms with van der Waals surface area (Å²) in [6, 6.07) is 13.3. The number of nitrogens with zero attached hydrogens (tertiary/aromatic N) is 4. The Labute approximate surface area is 155 Å². The second-order valence-electron chi connectivity index (χ2n) is 5.85. The van der Waals surface area contributed by atoms with Crippen LogP contribution in [-0.2, 0) is 7.05 Å². The van der Waals surface area contributed by atoms with E-state index in [4.69, 9.17) is 4.74 Å². The molecule has 0 amide bonds. The summed E-state index contributed by atoms with van der Waals surface area (Å²) < 4.78 is 7.18. The second-order valence-corrected chi connectivity index (χ2v) is 5.85. The number of methoxy groups -OCH3 is 1. The first-order chi connectivity index (χ1) is 13.0. The first-order valence-corrected chi connectivity index (χ1v) is 8.09. The Morgan fingerprint density at radius 1 is 1.33 bits per heavy atom. The molecule has 2 aromatic carbocycles. The zero-order chi connectivity index (χ0) is 19.4. The van der Waals surface area contributed by atoms with Crippen LogP contribution in [0.15, 0.2) is 54.9 Å². The lowest BCUT2D eigenvalue weighted by molar-refractivity contribution is -0.384. The Morgan fingerprint density at radius 2 is 2.15 bits per heavy atom. The van der Waals surface area contributed by atoms with Gasteiger partial charge in [0.05, 0.1) is 23.3 Å². The van der Waals surface area contributed by atoms with Crippen molar-refractivity contribution in [2.45, 2.75) is 6.04 Å². The number of anilines is 1. The van der Waals surface area contributed by atoms with Crippen LogP contribution in [0.5, 0.6) is 5.75 Å². The van der Waals surface area contributed by atoms with Crippen LogP contribution < -0.4 is 10.1 Å². The van der Waals surface area contributed by atoms with E-state index >= 15 is 0 Å². The van der Waals surface area contributed by atoms with Crippen molar-refractivity contribution in [3.8, 4) is 11.8 Å². The van der Waals surface area contributed by atoms with Crippen LogP contribution in [-0.4, -0.2) is 21.6 Å². The van der Waals surface area contributed by atoms with Crippen molar-refractivity contribution in [3.63, 3.8) is 0 Å². The van der Waals surface area contributed by atoms with Gasteiger partial charge in [-0.1, -0.05) is 12.1 Å². The van der Waals surface area contributed by atoms with E-state index in [9.17, 15) is 15.4 Å². The number of rotatable bonds is 6. The average Bonchev–Trinajstić information content (AvgIpc) is 3.11. The molecule has 0 aliphatic heterocycles. The maximum absolute atomic E-state index is 11.0. The van der Waals surface area contributed by atoms with Crippen molar-refractivity contribution in [2.24, 2.45) is 7.05 Å². The number of benzene rings is 2. The minimum absolute atomic E-state index is 0.132. The van der Waals surface area contributed by atoms with Crippen LogP contribution in [0.1, 0.15) is 23.0 Å². The van der Waals surface area contributed by atoms with Crippen molar-refractivity contribution in [1.82, 2.24) is 9.55 Å². The number of hydrogen-bond acceptors (Lipinski definition) is 6. The molecule has 0 radical (unpaired) electrons. The van der Waals surface area contributed by atoms with Crippen molar-refractivity contribution >= 4 is 11.4 Å². The van der Waals surface area contributed by atoms with Gasteiger partial charge in [0.2, 0.25) is 0 Å². The molecule has 1 unspecified atom stereocenters. The molecular formula is C19H17N5O3. The predicted molar refractivity (Wildman–Crippen MR) is 99.5 cm³/mol. The third-order valence-electron chi connectivity index (χ3n) is 4.18. The number of ether oxygens (including phenoxy) is 1. The molecule has 0 spiro atoms. The first-order valence-electron chi connectivity index (χ1n) is 8.09. The molecule has 1 atom stereocenters. The van der Waals surface area contributed by atoms with Crippen molar-refractivity contribution in [3.05, 3.63) is 81.9 Å². The van der Waals surface area contributed by atoms with E-state index in [1.54, 1.807) is 13.3 Å². The van der Waals surface area contributed by atoms with E-state index in [2.05, 4.69) is 10.3 Å². The molecule has 0 fully saturated rings. The van der Waals surface area contributed by atoms with Gasteiger partial charge in [-0.05, 0) is 23.8 Å². The number of imidazole rings is 1. The first kappa shape index (κ1) is 17.9. The van der Waals surface area contributed by atoms with Gasteiger partial charge in [-0.3, -0.25) is 10.1 Å². The number of nitro benzene ring substituents is 1. The molecule has 0 saturated heterocycles. The second kappa shape index (κ2) is 7.58. The molecule has 0 aliphatic rings. The van der Waals surface area contributed by atoms with E-state index < -0.39 is 4.92 Å². The third-order valence-corrected chi connectivity index (χ3v) is 4.18. The zero-order valence-electron chi connectivity index (χ0n) is 14.8. The molecule has 8 nitrogen and oxygen atoms in total. The lowest BCUT2D eigenvalue weighted by Crippen LogP contribution is -2.17. The number of non-ortho nitro benzene ring substituents is 1. The van der Waals surface area contributed by atoms with Gasteiger partial charge >= 0.3 is 0 Å². The topological polar surface area (TPSA) is 106 Å². The van der Waals surface area contributed by atoms with Crippen molar-refractivity contribution in [1.29, 1.82) is 5.26 Å². The molecular weight excluding hydrogens is 346 g/mol. The van der Waals surface area contributed by atoms with Crippen molar-refractivity contribution in [2.75, 3.05) is 12.4 Å². The Balaban J connectivity index is 2.06. The zero-order valence-corrected chi connectivity index (χ0v) is 14.8. The molecule has 27 heavy (non-hydrogen) atoms. The minimum Gasteiger partial charge on any atom is -0.497 e. The Hall–Kier alpha value is -3.86. The maximum atomic E-state index is 11.0. The summed E-state index contributed by atoms with van der Waals surface area (Å²) in [7, 11) is 3.46. The SMILES string of the molecule is COc1cccc(C(Nc2ccc([N+](=O)[O-])cc2C#N)c2nccn2C)c1. The van der Waals surface area contributed by atoms with Gasteiger partial charge in [-0.15, -0.1) is 0 Å². The molecule has 0 bridgehead atoms. The van der Waals surface area contributed by atoms with Crippen LogP contribution in [0.2, 0.25) is 0 Å². The minimum atomic E-state index is -0.525. The molecule has 136 valence electrons. The number of nitro groups is 1. The van der Waals surface area contributed by atoms with E-state index in [1.165, 1.54) is 18.2 Å². The summed E-state index contributed by atoms with van der Waals surface area (Å²) in [5.41, 5.74) is 1.42. The maximum Gasteiger partial charge on any atom is 0.270 e. The van der Waals surface area contributed by atoms with Crippen LogP contribution in [0.25, 0.3) is 0 Å². The molecule has 3 aromatic rings. The van der Waals surface area contributed by atoms with E-state index in [0.717, 1.165) is 11.4 Å². The standard InChI is InChI=1S/C19H17N5O3/c1-23-9-8-21-19(23)18(13-4-3-5-16(11-13)27-2)22-17-7-6-15(24(25)26)10-14(17)12-20/h3-11,18,22H,1-2H3. The molecule has 3 rings (SSSR count). The van der Waals surface area contributed by atoms with Crippen LogP contribution in [0, 0.1) is 21.4 Å². The van der Waals surface area contributed by atoms with Crippen LogP contribution in [0.4, 0.5) is 11.4 Å². The smallest absolute Gasteiger partial charge is 0.270 e. The van der Waals surface area contributed by atoms with E-state index in [0.29, 0.717) is 11.4 Å². The lowest BCUT2D eigenvalue weighted by atomic mass is 10.0. The summed E-state index contributed by atoms with van der Waals surface area (Å²) >= 11 is 0. The number of nitrogens with one attached hydrogen (secondary N) is 1. The average molecular weight is 363 g/mol. The lowest BCUT2D eigenvalue weighted by Gasteiger charge is -2.21. The summed E-state index contributed by atoms with van der Waals surface area (Å²) in [6.45, 7) is 0. The van der Waals surface area contributed by atoms with Gasteiger partial charge in [0.25, 0.3) is 5.69 Å². The van der Waals surface area contributed by atoms with Gasteiger partial charge in [0.15, 0.2) is 0 Å². The highest BCUT2D eigenvalue weighted by molar-refractivity contribution is 5.63. The van der Waals surface area contributed by atoms with E-state index in [-0.39, 0.29) is 17.3 Å². The number of nitriles is 1. The fourth-order valence-corrected chi connectivity index (χ4v) is 2.79. The number of aryl methyl sites for hydroxylation is 1. The summed E-state index contributed by atoms with van der Waals surface area (Å²) in [6.07, 6.45) is 3.51. The molecule has 1 heterocycles. The monoisotopic (exact) mass is 363 g/mol. The predicted octanol–water partition coefficient (Wildman–Crippen LogP) is 3.41. The van der Waals surface area contributed by atoms with E-state index in [1.807, 2.05) is 48.1 Å². The third kappa shape index (κ3) is 3.72. The summed E-state index contributed by atoms with van der Waals surface area (Å²) in [5.74, 6) is 1.42. The van der Waals surface area contributed by atoms with Gasteiger partial charge in [0.1, 0.15) is 23.7 Å². The Bertz CT molecular complexity index is 1020. The number of hydrogen-bond donors (Lipinski definition) is 1. The quantitative estimate of drug-likeness (QED) is 0.531. The number of aromatic nitrogens is 2. The summed E-state index contributed by atoms with van der Waals surface area (Å²) in [5, 5.41) is 23.7. The Kier molecular flexibility index (Phi) is 5.04. The van der Waals surface area contributed by atoms with Crippen LogP contribution >= 0.6 is 0 Å². The highest BCUT2D eigenvalue weighted by Crippen LogP contribution is 2.30. The van der Waals surface area contributed by atoms with Gasteiger partial charge in [0, 0.05) is 31.6 Å². The largest absolute Gasteiger partial charge is 0.497 e. The molecule has 1 N–H and O–H groups in total. The molecule has 1 aromatic heterocycles. The molecule has 8 heteroatoms. The normalized spacial score (nSPS) is 11.4. The van der Waals surface area contributed by atoms with Crippen LogP contribution in [0.3, 0.4) is 0 Å². The molecule has 0 saturated carbocycles. The fourth-order valence-electron chi connectivity index (χ4n) is 2.79. The highest BCUT2D eigenvalue weighted by atomic mass is 16.6. The fraction of sp³-hybridized carbons (Fsp3) is 0.158. The summed E-state index contributed by atoms with van der Waals surface area (Å²) in [4.78, 5) is 14.9. The van der Waals surface area contributed by atoms with Crippen molar-refractivity contribution < 1.29 is 9.66 Å². The highest BCUT2D eigenvalue weighted by Gasteiger charge is 2.21. The Morgan fingerprint density at radius 3 is 2.78 bits per heavy atom. The van der Waals surface area contributed by atoms with Gasteiger partial charge < -0.3 is 14.6 Å².